The van der Waals surface area contributed by atoms with Crippen molar-refractivity contribution in [3.63, 3.8) is 0 Å². The Morgan fingerprint density at radius 2 is 1.27 bits per heavy atom. The molecule has 2 N–H and O–H groups in total. The topological polar surface area (TPSA) is 91.0 Å². The van der Waals surface area contributed by atoms with Crippen LogP contribution in [0.3, 0.4) is 0 Å². The zero-order valence-corrected chi connectivity index (χ0v) is 20.3. The van der Waals surface area contributed by atoms with Gasteiger partial charge >= 0.3 is 16.3 Å². The summed E-state index contributed by atoms with van der Waals surface area (Å²) in [6.07, 6.45) is 14.7. The molecule has 0 heterocycles. The summed E-state index contributed by atoms with van der Waals surface area (Å²) in [5, 5.41) is 4.87. The van der Waals surface area contributed by atoms with Crippen LogP contribution in [-0.2, 0) is 19.7 Å². The van der Waals surface area contributed by atoms with Crippen LogP contribution in [0.4, 0.5) is 0 Å². The fourth-order valence-corrected chi connectivity index (χ4v) is 2.88. The zero-order valence-electron chi connectivity index (χ0n) is 19.5. The molecule has 0 unspecified atom stereocenters. The van der Waals surface area contributed by atoms with Gasteiger partial charge in [-0.05, 0) is 86.1 Å². The first-order valence-electron chi connectivity index (χ1n) is 10.5. The monoisotopic (exact) mass is 440 g/mol. The van der Waals surface area contributed by atoms with E-state index in [2.05, 4.69) is 50.3 Å². The quantitative estimate of drug-likeness (QED) is 0.224. The second kappa shape index (κ2) is 15.9. The minimum Gasteiger partial charge on any atom is -0.450 e. The lowest BCUT2D eigenvalue weighted by Gasteiger charge is -2.07. The van der Waals surface area contributed by atoms with E-state index in [4.69, 9.17) is 14.6 Å². The number of ether oxygens (including phenoxy) is 2. The van der Waals surface area contributed by atoms with Crippen LogP contribution in [0.1, 0.15) is 80.1 Å². The van der Waals surface area contributed by atoms with E-state index in [1.165, 1.54) is 16.7 Å². The summed E-state index contributed by atoms with van der Waals surface area (Å²) in [5.74, 6) is 0. The van der Waals surface area contributed by atoms with Gasteiger partial charge in [0.2, 0.25) is 0 Å². The molecule has 0 amide bonds. The third-order valence-electron chi connectivity index (χ3n) is 4.26. The molecule has 0 aromatic heterocycles. The largest absolute Gasteiger partial charge is 0.450 e. The van der Waals surface area contributed by atoms with Crippen molar-refractivity contribution in [3.05, 3.63) is 46.6 Å². The minimum absolute atomic E-state index is 0.180. The van der Waals surface area contributed by atoms with Gasteiger partial charge in [0.05, 0.1) is 6.61 Å². The van der Waals surface area contributed by atoms with Crippen molar-refractivity contribution in [2.45, 2.75) is 80.1 Å². The highest BCUT2D eigenvalue weighted by molar-refractivity contribution is 7.87. The Labute approximate surface area is 183 Å². The Balaban J connectivity index is 4.30. The van der Waals surface area contributed by atoms with Crippen LogP contribution in [0.25, 0.3) is 0 Å². The van der Waals surface area contributed by atoms with Crippen molar-refractivity contribution in [2.75, 3.05) is 13.2 Å². The summed E-state index contributed by atoms with van der Waals surface area (Å²) < 4.78 is 35.5. The number of nitrogens with two attached hydrogens (primary N) is 1. The molecule has 0 aliphatic heterocycles. The van der Waals surface area contributed by atoms with Gasteiger partial charge in [-0.25, -0.2) is 5.14 Å². The van der Waals surface area contributed by atoms with Gasteiger partial charge in [0.1, 0.15) is 6.61 Å². The zero-order chi connectivity index (χ0) is 23.0. The molecule has 0 fully saturated rings. The Hall–Kier alpha value is -1.86. The lowest BCUT2D eigenvalue weighted by Crippen LogP contribution is -2.17. The molecule has 172 valence electrons. The Kier molecular flexibility index (Phi) is 14.9. The number of nitrogens with zero attached hydrogens (tertiary/aromatic N) is 1. The molecular formula is C23H40N2O4S. The number of allylic oxidation sites excluding steroid dienone is 7. The molecule has 0 aromatic carbocycles. The first-order valence-corrected chi connectivity index (χ1v) is 12.0. The lowest BCUT2D eigenvalue weighted by atomic mass is 10.0. The van der Waals surface area contributed by atoms with E-state index >= 15 is 0 Å². The van der Waals surface area contributed by atoms with Crippen LogP contribution < -0.4 is 5.14 Å². The summed E-state index contributed by atoms with van der Waals surface area (Å²) in [5.41, 5.74) is 5.38. The van der Waals surface area contributed by atoms with Gasteiger partial charge in [-0.2, -0.15) is 8.42 Å². The third kappa shape index (κ3) is 18.2. The van der Waals surface area contributed by atoms with E-state index in [0.717, 1.165) is 44.1 Å². The Morgan fingerprint density at radius 3 is 1.70 bits per heavy atom. The predicted molar refractivity (Wildman–Crippen MR) is 127 cm³/mol. The van der Waals surface area contributed by atoms with Crippen molar-refractivity contribution in [1.82, 2.24) is 0 Å². The molecule has 0 rings (SSSR count). The van der Waals surface area contributed by atoms with Gasteiger partial charge in [0.25, 0.3) is 0 Å². The second-order valence-electron chi connectivity index (χ2n) is 7.67. The summed E-state index contributed by atoms with van der Waals surface area (Å²) in [6.45, 7) is 12.8. The molecule has 30 heavy (non-hydrogen) atoms. The van der Waals surface area contributed by atoms with E-state index in [0.29, 0.717) is 0 Å². The maximum Gasteiger partial charge on any atom is 0.400 e. The van der Waals surface area contributed by atoms with E-state index in [9.17, 15) is 8.42 Å². The molecule has 6 nitrogen and oxygen atoms in total. The van der Waals surface area contributed by atoms with Gasteiger partial charge in [-0.3, -0.25) is 0 Å². The molecule has 0 saturated heterocycles. The predicted octanol–water partition coefficient (Wildman–Crippen LogP) is 5.74. The number of hydrogen-bond acceptors (Lipinski definition) is 4. The fourth-order valence-electron chi connectivity index (χ4n) is 2.56. The van der Waals surface area contributed by atoms with Crippen molar-refractivity contribution in [2.24, 2.45) is 9.54 Å². The average molecular weight is 441 g/mol. The molecule has 0 atom stereocenters. The number of hydrogen-bond donors (Lipinski definition) is 1. The van der Waals surface area contributed by atoms with Crippen LogP contribution >= 0.6 is 0 Å². The van der Waals surface area contributed by atoms with E-state index in [1.54, 1.807) is 6.92 Å². The van der Waals surface area contributed by atoms with E-state index < -0.39 is 10.2 Å². The third-order valence-corrected chi connectivity index (χ3v) is 4.67. The van der Waals surface area contributed by atoms with Crippen molar-refractivity contribution in [1.29, 1.82) is 0 Å². The summed E-state index contributed by atoms with van der Waals surface area (Å²) >= 11 is 0. The van der Waals surface area contributed by atoms with Crippen molar-refractivity contribution in [3.8, 4) is 0 Å². The lowest BCUT2D eigenvalue weighted by molar-refractivity contribution is 0.191. The number of rotatable bonds is 13. The van der Waals surface area contributed by atoms with Crippen LogP contribution in [-0.4, -0.2) is 27.7 Å². The van der Waals surface area contributed by atoms with Crippen LogP contribution in [0.2, 0.25) is 0 Å². The van der Waals surface area contributed by atoms with Crippen molar-refractivity contribution < 1.29 is 17.9 Å². The van der Waals surface area contributed by atoms with Crippen molar-refractivity contribution >= 4 is 16.3 Å². The SMILES string of the molecule is CCO/C(=N\S(N)(=O)=O)OC/C=C(\C)CC/C=C(\C)CCC=C(C)CCC=C(C)C. The highest BCUT2D eigenvalue weighted by atomic mass is 32.2. The van der Waals surface area contributed by atoms with Gasteiger partial charge in [0.15, 0.2) is 0 Å². The fraction of sp³-hybridized carbons (Fsp3) is 0.609. The van der Waals surface area contributed by atoms with Gasteiger partial charge in [-0.1, -0.05) is 44.9 Å². The molecule has 0 aliphatic rings. The average Bonchev–Trinajstić information content (AvgIpc) is 2.60. The smallest absolute Gasteiger partial charge is 0.400 e. The van der Waals surface area contributed by atoms with Gasteiger partial charge < -0.3 is 9.47 Å². The normalized spacial score (nSPS) is 14.0. The molecular weight excluding hydrogens is 400 g/mol. The molecule has 0 bridgehead atoms. The second-order valence-corrected chi connectivity index (χ2v) is 8.88. The minimum atomic E-state index is -4.04. The maximum absolute atomic E-state index is 11.0. The van der Waals surface area contributed by atoms with E-state index in [-0.39, 0.29) is 19.3 Å². The molecule has 0 aliphatic carbocycles. The molecule has 7 heteroatoms. The first-order chi connectivity index (χ1) is 14.0. The highest BCUT2D eigenvalue weighted by Gasteiger charge is 2.06. The van der Waals surface area contributed by atoms with E-state index in [1.807, 2.05) is 13.0 Å². The maximum atomic E-state index is 11.0. The first kappa shape index (κ1) is 28.1. The van der Waals surface area contributed by atoms with Gasteiger partial charge in [-0.15, -0.1) is 0 Å². The van der Waals surface area contributed by atoms with Crippen LogP contribution in [0, 0.1) is 0 Å². The standard InChI is InChI=1S/C23H40N2O4S/c1-7-28-23(25-30(24,26)27)29-18-17-22(6)16-10-15-21(5)14-9-13-20(4)12-8-11-19(2)3/h11,13,15,17H,7-10,12,14,16,18H2,1-6H3,(H2,24,26,27)/b20-13?,21-15+,22-17+,25-23+. The molecule has 0 aromatic rings. The Bertz CT molecular complexity index is 756. The molecule has 0 saturated carbocycles. The summed E-state index contributed by atoms with van der Waals surface area (Å²) in [6, 6.07) is 0. The van der Waals surface area contributed by atoms with Crippen LogP contribution in [0.5, 0.6) is 0 Å². The summed E-state index contributed by atoms with van der Waals surface area (Å²) in [4.78, 5) is 0. The highest BCUT2D eigenvalue weighted by Crippen LogP contribution is 2.13. The van der Waals surface area contributed by atoms with Gasteiger partial charge in [0, 0.05) is 0 Å². The molecule has 0 radical (unpaired) electrons. The van der Waals surface area contributed by atoms with Crippen LogP contribution in [0.15, 0.2) is 51.0 Å². The molecule has 0 spiro atoms. The summed E-state index contributed by atoms with van der Waals surface area (Å²) in [7, 11) is -4.04. The Morgan fingerprint density at radius 1 is 0.800 bits per heavy atom.